The fourth-order valence-corrected chi connectivity index (χ4v) is 3.12. The number of aryl methyl sites for hydroxylation is 1. The Morgan fingerprint density at radius 2 is 2.19 bits per heavy atom. The average Bonchev–Trinajstić information content (AvgIpc) is 2.96. The Kier molecular flexibility index (Phi) is 4.34. The summed E-state index contributed by atoms with van der Waals surface area (Å²) < 4.78 is 5.86. The zero-order valence-electron chi connectivity index (χ0n) is 12.9. The Morgan fingerprint density at radius 1 is 1.29 bits per heavy atom. The van der Waals surface area contributed by atoms with Crippen LogP contribution in [0.2, 0.25) is 0 Å². The Hall–Kier alpha value is -1.68. The maximum absolute atomic E-state index is 5.86. The molecule has 0 aliphatic carbocycles. The van der Waals surface area contributed by atoms with Crippen molar-refractivity contribution in [1.82, 2.24) is 15.1 Å². The van der Waals surface area contributed by atoms with Crippen molar-refractivity contribution in [1.29, 1.82) is 0 Å². The molecule has 21 heavy (non-hydrogen) atoms. The van der Waals surface area contributed by atoms with Gasteiger partial charge in [0, 0.05) is 11.6 Å². The number of benzene rings is 1. The van der Waals surface area contributed by atoms with Crippen LogP contribution in [0.25, 0.3) is 11.5 Å². The Labute approximate surface area is 126 Å². The van der Waals surface area contributed by atoms with Gasteiger partial charge in [-0.05, 0) is 44.9 Å². The van der Waals surface area contributed by atoms with Gasteiger partial charge >= 0.3 is 0 Å². The molecule has 1 fully saturated rings. The molecule has 0 amide bonds. The van der Waals surface area contributed by atoms with Gasteiger partial charge in [-0.1, -0.05) is 31.0 Å². The first-order valence-electron chi connectivity index (χ1n) is 7.89. The van der Waals surface area contributed by atoms with Crippen molar-refractivity contribution < 1.29 is 4.42 Å². The lowest BCUT2D eigenvalue weighted by Gasteiger charge is -2.33. The van der Waals surface area contributed by atoms with Crippen LogP contribution in [0.15, 0.2) is 28.7 Å². The third-order valence-corrected chi connectivity index (χ3v) is 4.29. The van der Waals surface area contributed by atoms with Crippen LogP contribution in [0.4, 0.5) is 0 Å². The van der Waals surface area contributed by atoms with E-state index in [1.54, 1.807) is 0 Å². The minimum atomic E-state index is 0.624. The minimum absolute atomic E-state index is 0.624. The second kappa shape index (κ2) is 6.39. The lowest BCUT2D eigenvalue weighted by Crippen LogP contribution is -2.38. The molecule has 0 N–H and O–H groups in total. The number of rotatable bonds is 4. The Bertz CT molecular complexity index is 593. The van der Waals surface area contributed by atoms with E-state index in [9.17, 15) is 0 Å². The second-order valence-electron chi connectivity index (χ2n) is 5.90. The third kappa shape index (κ3) is 3.32. The first kappa shape index (κ1) is 14.3. The fourth-order valence-electron chi connectivity index (χ4n) is 3.12. The maximum atomic E-state index is 5.86. The molecule has 1 aliphatic rings. The van der Waals surface area contributed by atoms with Crippen LogP contribution in [0.3, 0.4) is 0 Å². The quantitative estimate of drug-likeness (QED) is 0.856. The van der Waals surface area contributed by atoms with Crippen LogP contribution in [0, 0.1) is 6.92 Å². The van der Waals surface area contributed by atoms with Crippen LogP contribution in [0.5, 0.6) is 0 Å². The fraction of sp³-hybridized carbons (Fsp3) is 0.529. The van der Waals surface area contributed by atoms with E-state index in [1.165, 1.54) is 31.2 Å². The van der Waals surface area contributed by atoms with Crippen molar-refractivity contribution in [3.8, 4) is 11.5 Å². The van der Waals surface area contributed by atoms with E-state index in [0.29, 0.717) is 11.9 Å². The zero-order chi connectivity index (χ0) is 14.7. The van der Waals surface area contributed by atoms with Gasteiger partial charge in [-0.15, -0.1) is 10.2 Å². The van der Waals surface area contributed by atoms with Crippen LogP contribution in [-0.4, -0.2) is 27.7 Å². The van der Waals surface area contributed by atoms with E-state index in [0.717, 1.165) is 24.5 Å². The number of nitrogens with zero attached hydrogens (tertiary/aromatic N) is 3. The summed E-state index contributed by atoms with van der Waals surface area (Å²) in [6, 6.07) is 8.84. The molecule has 3 rings (SSSR count). The van der Waals surface area contributed by atoms with Gasteiger partial charge in [0.1, 0.15) is 0 Å². The molecular weight excluding hydrogens is 262 g/mol. The van der Waals surface area contributed by atoms with E-state index in [2.05, 4.69) is 41.1 Å². The molecule has 0 spiro atoms. The van der Waals surface area contributed by atoms with E-state index in [4.69, 9.17) is 4.42 Å². The van der Waals surface area contributed by atoms with Gasteiger partial charge in [-0.3, -0.25) is 4.90 Å². The summed E-state index contributed by atoms with van der Waals surface area (Å²) in [4.78, 5) is 2.48. The summed E-state index contributed by atoms with van der Waals surface area (Å²) >= 11 is 0. The summed E-state index contributed by atoms with van der Waals surface area (Å²) in [7, 11) is 0. The molecule has 4 heteroatoms. The summed E-state index contributed by atoms with van der Waals surface area (Å²) in [6.07, 6.45) is 5.09. The number of piperidine rings is 1. The highest BCUT2D eigenvalue weighted by Gasteiger charge is 2.22. The Morgan fingerprint density at radius 3 is 3.00 bits per heavy atom. The molecule has 2 heterocycles. The molecule has 0 bridgehead atoms. The van der Waals surface area contributed by atoms with Crippen molar-refractivity contribution in [2.45, 2.75) is 52.1 Å². The topological polar surface area (TPSA) is 42.2 Å². The standard InChI is InChI=1S/C17H23N3O/c1-3-15-9-4-5-10-20(15)12-16-18-19-17(21-16)14-8-6-7-13(2)11-14/h6-8,11,15H,3-5,9-10,12H2,1-2H3. The van der Waals surface area contributed by atoms with E-state index < -0.39 is 0 Å². The van der Waals surface area contributed by atoms with Gasteiger partial charge in [0.25, 0.3) is 0 Å². The predicted molar refractivity (Wildman–Crippen MR) is 82.8 cm³/mol. The largest absolute Gasteiger partial charge is 0.419 e. The van der Waals surface area contributed by atoms with Crippen molar-refractivity contribution in [3.05, 3.63) is 35.7 Å². The molecule has 1 aromatic heterocycles. The molecular formula is C17H23N3O. The molecule has 0 radical (unpaired) electrons. The van der Waals surface area contributed by atoms with Gasteiger partial charge in [-0.2, -0.15) is 0 Å². The molecule has 2 aromatic rings. The zero-order valence-corrected chi connectivity index (χ0v) is 12.9. The van der Waals surface area contributed by atoms with Gasteiger partial charge in [0.15, 0.2) is 0 Å². The van der Waals surface area contributed by atoms with Crippen LogP contribution >= 0.6 is 0 Å². The second-order valence-corrected chi connectivity index (χ2v) is 5.90. The Balaban J connectivity index is 1.73. The number of hydrogen-bond acceptors (Lipinski definition) is 4. The molecule has 1 atom stereocenters. The van der Waals surface area contributed by atoms with Crippen LogP contribution in [0.1, 0.15) is 44.1 Å². The van der Waals surface area contributed by atoms with Crippen molar-refractivity contribution in [3.63, 3.8) is 0 Å². The average molecular weight is 285 g/mol. The van der Waals surface area contributed by atoms with Crippen molar-refractivity contribution in [2.24, 2.45) is 0 Å². The van der Waals surface area contributed by atoms with Gasteiger partial charge < -0.3 is 4.42 Å². The van der Waals surface area contributed by atoms with Gasteiger partial charge in [-0.25, -0.2) is 0 Å². The van der Waals surface area contributed by atoms with E-state index >= 15 is 0 Å². The highest BCUT2D eigenvalue weighted by Crippen LogP contribution is 2.23. The predicted octanol–water partition coefficient (Wildman–Crippen LogP) is 3.81. The summed E-state index contributed by atoms with van der Waals surface area (Å²) in [5, 5.41) is 8.43. The molecule has 0 saturated carbocycles. The molecule has 1 saturated heterocycles. The highest BCUT2D eigenvalue weighted by molar-refractivity contribution is 5.53. The minimum Gasteiger partial charge on any atom is -0.419 e. The number of aromatic nitrogens is 2. The summed E-state index contributed by atoms with van der Waals surface area (Å²) in [6.45, 7) is 6.24. The van der Waals surface area contributed by atoms with Crippen molar-refractivity contribution in [2.75, 3.05) is 6.54 Å². The maximum Gasteiger partial charge on any atom is 0.247 e. The molecule has 112 valence electrons. The molecule has 1 aliphatic heterocycles. The van der Waals surface area contributed by atoms with Crippen LogP contribution < -0.4 is 0 Å². The lowest BCUT2D eigenvalue weighted by molar-refractivity contribution is 0.124. The smallest absolute Gasteiger partial charge is 0.247 e. The van der Waals surface area contributed by atoms with E-state index in [-0.39, 0.29) is 0 Å². The number of likely N-dealkylation sites (tertiary alicyclic amines) is 1. The molecule has 1 aromatic carbocycles. The molecule has 1 unspecified atom stereocenters. The monoisotopic (exact) mass is 285 g/mol. The number of hydrogen-bond donors (Lipinski definition) is 0. The SMILES string of the molecule is CCC1CCCCN1Cc1nnc(-c2cccc(C)c2)o1. The van der Waals surface area contributed by atoms with E-state index in [1.807, 2.05) is 12.1 Å². The molecule has 4 nitrogen and oxygen atoms in total. The summed E-state index contributed by atoms with van der Waals surface area (Å²) in [5.41, 5.74) is 2.20. The normalized spacial score (nSPS) is 19.8. The first-order chi connectivity index (χ1) is 10.3. The lowest BCUT2D eigenvalue weighted by atomic mass is 10.0. The van der Waals surface area contributed by atoms with Crippen LogP contribution in [-0.2, 0) is 6.54 Å². The first-order valence-corrected chi connectivity index (χ1v) is 7.89. The third-order valence-electron chi connectivity index (χ3n) is 4.29. The summed E-state index contributed by atoms with van der Waals surface area (Å²) in [5.74, 6) is 1.35. The van der Waals surface area contributed by atoms with Gasteiger partial charge in [0.2, 0.25) is 11.8 Å². The van der Waals surface area contributed by atoms with Gasteiger partial charge in [0.05, 0.1) is 6.54 Å². The van der Waals surface area contributed by atoms with Crippen molar-refractivity contribution >= 4 is 0 Å². The highest BCUT2D eigenvalue weighted by atomic mass is 16.4.